The van der Waals surface area contributed by atoms with Gasteiger partial charge in [0.15, 0.2) is 0 Å². The number of fused-ring (bicyclic) bond motifs is 3. The minimum Gasteiger partial charge on any atom is -0.309 e. The molecule has 75 heavy (non-hydrogen) atoms. The summed E-state index contributed by atoms with van der Waals surface area (Å²) in [5.41, 5.74) is 22.1. The Hall–Kier alpha value is -9.82. The maximum Gasteiger partial charge on any atom is 0.0540 e. The summed E-state index contributed by atoms with van der Waals surface area (Å²) in [4.78, 5) is 2.48. The maximum absolute atomic E-state index is 2.48. The van der Waals surface area contributed by atoms with Crippen molar-refractivity contribution in [2.45, 2.75) is 0 Å². The molecular formula is C74H51N. The first kappa shape index (κ1) is 45.1. The lowest BCUT2D eigenvalue weighted by Gasteiger charge is -2.30. The van der Waals surface area contributed by atoms with Gasteiger partial charge in [-0.1, -0.05) is 273 Å². The Morgan fingerprint density at radius 2 is 0.560 bits per heavy atom. The lowest BCUT2D eigenvalue weighted by molar-refractivity contribution is 1.28. The van der Waals surface area contributed by atoms with E-state index in [0.717, 1.165) is 50.4 Å². The molecule has 13 aromatic rings. The summed E-state index contributed by atoms with van der Waals surface area (Å²) in [5, 5.41) is 4.93. The van der Waals surface area contributed by atoms with Gasteiger partial charge in [-0.25, -0.2) is 0 Å². The van der Waals surface area contributed by atoms with Gasteiger partial charge in [0.05, 0.1) is 11.4 Å². The van der Waals surface area contributed by atoms with Gasteiger partial charge >= 0.3 is 0 Å². The molecule has 0 atom stereocenters. The highest BCUT2D eigenvalue weighted by Crippen LogP contribution is 2.50. The van der Waals surface area contributed by atoms with Gasteiger partial charge in [0.2, 0.25) is 0 Å². The van der Waals surface area contributed by atoms with Crippen molar-refractivity contribution in [1.29, 1.82) is 0 Å². The minimum absolute atomic E-state index is 1.06. The molecule has 13 aromatic carbocycles. The standard InChI is InChI=1S/C74H51N/c1-7-24-52(25-8-1)59-45-49-71(68(50-59)54-28-11-3-12-29-54)75(61-46-42-55(43-47-61)64-40-23-39-63(53-26-9-2-10-27-53)72(64)56-30-13-4-14-31-56)70-41-22-21-36-62(70)60-44-48-66-65-37-19-20-38-67(65)73(57-32-15-5-16-33-57)74(69(66)51-60)58-34-17-6-18-35-58/h1-51H. The highest BCUT2D eigenvalue weighted by Gasteiger charge is 2.24. The monoisotopic (exact) mass is 953 g/mol. The van der Waals surface area contributed by atoms with E-state index in [1.165, 1.54) is 77.2 Å². The van der Waals surface area contributed by atoms with E-state index in [0.29, 0.717) is 0 Å². The second-order valence-corrected chi connectivity index (χ2v) is 19.1. The van der Waals surface area contributed by atoms with Crippen molar-refractivity contribution in [2.75, 3.05) is 4.90 Å². The molecule has 0 saturated heterocycles. The molecular weight excluding hydrogens is 903 g/mol. The Morgan fingerprint density at radius 1 is 0.173 bits per heavy atom. The third-order valence-electron chi connectivity index (χ3n) is 14.7. The average Bonchev–Trinajstić information content (AvgIpc) is 3.50. The molecule has 0 fully saturated rings. The second kappa shape index (κ2) is 20.0. The van der Waals surface area contributed by atoms with Crippen LogP contribution in [0.4, 0.5) is 17.1 Å². The molecule has 1 nitrogen and oxygen atoms in total. The molecule has 352 valence electrons. The van der Waals surface area contributed by atoms with Gasteiger partial charge in [0.25, 0.3) is 0 Å². The van der Waals surface area contributed by atoms with Crippen LogP contribution in [-0.2, 0) is 0 Å². The van der Waals surface area contributed by atoms with Crippen molar-refractivity contribution < 1.29 is 0 Å². The first-order chi connectivity index (χ1) is 37.2. The fourth-order valence-electron chi connectivity index (χ4n) is 11.2. The van der Waals surface area contributed by atoms with E-state index < -0.39 is 0 Å². The van der Waals surface area contributed by atoms with E-state index in [2.05, 4.69) is 314 Å². The molecule has 0 heterocycles. The van der Waals surface area contributed by atoms with E-state index in [-0.39, 0.29) is 0 Å². The third-order valence-corrected chi connectivity index (χ3v) is 14.7. The number of para-hydroxylation sites is 1. The van der Waals surface area contributed by atoms with Gasteiger partial charge in [0, 0.05) is 16.8 Å². The number of anilines is 3. The fraction of sp³-hybridized carbons (Fsp3) is 0. The summed E-state index contributed by atoms with van der Waals surface area (Å²) in [6.07, 6.45) is 0. The molecule has 0 saturated carbocycles. The van der Waals surface area contributed by atoms with Crippen LogP contribution in [0.5, 0.6) is 0 Å². The molecule has 0 spiro atoms. The van der Waals surface area contributed by atoms with Gasteiger partial charge < -0.3 is 4.90 Å². The number of benzene rings is 13. The van der Waals surface area contributed by atoms with Crippen LogP contribution in [0.25, 0.3) is 111 Å². The molecule has 0 bridgehead atoms. The van der Waals surface area contributed by atoms with E-state index in [1.807, 2.05) is 0 Å². The predicted molar refractivity (Wildman–Crippen MR) is 320 cm³/mol. The predicted octanol–water partition coefficient (Wildman–Crippen LogP) is 20.8. The third kappa shape index (κ3) is 8.57. The summed E-state index contributed by atoms with van der Waals surface area (Å²) in [6.45, 7) is 0. The van der Waals surface area contributed by atoms with Crippen molar-refractivity contribution in [3.63, 3.8) is 0 Å². The summed E-state index contributed by atoms with van der Waals surface area (Å²) in [5.74, 6) is 0. The van der Waals surface area contributed by atoms with Gasteiger partial charge in [-0.15, -0.1) is 0 Å². The Labute approximate surface area is 439 Å². The summed E-state index contributed by atoms with van der Waals surface area (Å²) >= 11 is 0. The van der Waals surface area contributed by atoms with Crippen molar-refractivity contribution in [3.8, 4) is 89.0 Å². The van der Waals surface area contributed by atoms with Gasteiger partial charge in [-0.05, 0) is 136 Å². The van der Waals surface area contributed by atoms with E-state index in [1.54, 1.807) is 0 Å². The van der Waals surface area contributed by atoms with Crippen molar-refractivity contribution in [2.24, 2.45) is 0 Å². The quantitative estimate of drug-likeness (QED) is 0.117. The lowest BCUT2D eigenvalue weighted by Crippen LogP contribution is -2.12. The second-order valence-electron chi connectivity index (χ2n) is 19.1. The highest BCUT2D eigenvalue weighted by molar-refractivity contribution is 6.22. The minimum atomic E-state index is 1.06. The molecule has 0 N–H and O–H groups in total. The van der Waals surface area contributed by atoms with E-state index in [4.69, 9.17) is 0 Å². The topological polar surface area (TPSA) is 3.24 Å². The first-order valence-corrected chi connectivity index (χ1v) is 25.8. The van der Waals surface area contributed by atoms with Crippen molar-refractivity contribution in [3.05, 3.63) is 309 Å². The van der Waals surface area contributed by atoms with Gasteiger partial charge in [-0.3, -0.25) is 0 Å². The van der Waals surface area contributed by atoms with Gasteiger partial charge in [-0.2, -0.15) is 0 Å². The number of hydrogen-bond acceptors (Lipinski definition) is 1. The average molecular weight is 954 g/mol. The number of hydrogen-bond donors (Lipinski definition) is 0. The van der Waals surface area contributed by atoms with Crippen LogP contribution in [0.1, 0.15) is 0 Å². The smallest absolute Gasteiger partial charge is 0.0540 e. The molecule has 13 rings (SSSR count). The first-order valence-electron chi connectivity index (χ1n) is 25.8. The maximum atomic E-state index is 2.48. The molecule has 0 aliphatic rings. The van der Waals surface area contributed by atoms with Crippen LogP contribution in [0.15, 0.2) is 309 Å². The zero-order valence-electron chi connectivity index (χ0n) is 41.4. The number of rotatable bonds is 11. The zero-order chi connectivity index (χ0) is 49.9. The molecule has 0 aromatic heterocycles. The molecule has 0 radical (unpaired) electrons. The highest BCUT2D eigenvalue weighted by atomic mass is 15.1. The summed E-state index contributed by atoms with van der Waals surface area (Å²) in [7, 11) is 0. The Morgan fingerprint density at radius 3 is 1.15 bits per heavy atom. The Kier molecular flexibility index (Phi) is 12.0. The fourth-order valence-corrected chi connectivity index (χ4v) is 11.2. The lowest BCUT2D eigenvalue weighted by atomic mass is 9.84. The Balaban J connectivity index is 1.05. The molecule has 0 aliphatic heterocycles. The van der Waals surface area contributed by atoms with Crippen LogP contribution < -0.4 is 4.90 Å². The van der Waals surface area contributed by atoms with Crippen LogP contribution in [-0.4, -0.2) is 0 Å². The molecule has 0 unspecified atom stereocenters. The van der Waals surface area contributed by atoms with Crippen LogP contribution in [0.3, 0.4) is 0 Å². The van der Waals surface area contributed by atoms with Crippen LogP contribution in [0, 0.1) is 0 Å². The Bertz CT molecular complexity index is 4110. The molecule has 1 heteroatoms. The van der Waals surface area contributed by atoms with Crippen molar-refractivity contribution in [1.82, 2.24) is 0 Å². The zero-order valence-corrected chi connectivity index (χ0v) is 41.4. The van der Waals surface area contributed by atoms with Crippen LogP contribution >= 0.6 is 0 Å². The SMILES string of the molecule is c1ccc(-c2ccc(N(c3ccc(-c4cccc(-c5ccccc5)c4-c4ccccc4)cc3)c3ccccc3-c3ccc4c(c3)c(-c3ccccc3)c(-c3ccccc3)c3ccccc34)c(-c3ccccc3)c2)cc1. The summed E-state index contributed by atoms with van der Waals surface area (Å²) in [6, 6.07) is 113. The number of nitrogens with zero attached hydrogens (tertiary/aromatic N) is 1. The molecule has 0 aliphatic carbocycles. The molecule has 0 amide bonds. The van der Waals surface area contributed by atoms with Crippen molar-refractivity contribution >= 4 is 38.6 Å². The van der Waals surface area contributed by atoms with E-state index in [9.17, 15) is 0 Å². The largest absolute Gasteiger partial charge is 0.309 e. The van der Waals surface area contributed by atoms with Crippen LogP contribution in [0.2, 0.25) is 0 Å². The van der Waals surface area contributed by atoms with E-state index >= 15 is 0 Å². The normalized spacial score (nSPS) is 11.2. The summed E-state index contributed by atoms with van der Waals surface area (Å²) < 4.78 is 0. The van der Waals surface area contributed by atoms with Gasteiger partial charge in [0.1, 0.15) is 0 Å².